The summed E-state index contributed by atoms with van der Waals surface area (Å²) in [6.45, 7) is 3.59. The average Bonchev–Trinajstić information content (AvgIpc) is 2.40. The van der Waals surface area contributed by atoms with Crippen LogP contribution >= 0.6 is 28.3 Å². The molecule has 1 heterocycles. The maximum absolute atomic E-state index is 11.8. The largest absolute Gasteiger partial charge is 0.461 e. The van der Waals surface area contributed by atoms with E-state index in [1.807, 2.05) is 12.1 Å². The summed E-state index contributed by atoms with van der Waals surface area (Å²) in [6.07, 6.45) is 3.85. The molecule has 0 aliphatic carbocycles. The molecule has 0 N–H and O–H groups in total. The van der Waals surface area contributed by atoms with Crippen LogP contribution in [0.1, 0.15) is 29.6 Å². The van der Waals surface area contributed by atoms with Crippen molar-refractivity contribution in [3.05, 3.63) is 34.3 Å². The first-order chi connectivity index (χ1) is 8.75. The molecule has 0 radical (unpaired) electrons. The van der Waals surface area contributed by atoms with Crippen molar-refractivity contribution in [1.82, 2.24) is 4.90 Å². The zero-order valence-electron chi connectivity index (χ0n) is 10.8. The smallest absolute Gasteiger partial charge is 0.338 e. The lowest BCUT2D eigenvalue weighted by Gasteiger charge is -2.25. The molecule has 0 aromatic heterocycles. The summed E-state index contributed by atoms with van der Waals surface area (Å²) in [5, 5.41) is 0. The molecule has 1 aliphatic rings. The van der Waals surface area contributed by atoms with Crippen molar-refractivity contribution < 1.29 is 9.53 Å². The van der Waals surface area contributed by atoms with Gasteiger partial charge in [-0.15, -0.1) is 12.4 Å². The average molecular weight is 349 g/mol. The molecule has 0 spiro atoms. The molecule has 0 unspecified atom stereocenters. The summed E-state index contributed by atoms with van der Waals surface area (Å²) >= 11 is 3.35. The second-order valence-electron chi connectivity index (χ2n) is 4.55. The monoisotopic (exact) mass is 347 g/mol. The Balaban J connectivity index is 0.00000180. The fraction of sp³-hybridized carbons (Fsp3) is 0.500. The molecular formula is C14H19BrClNO2. The lowest BCUT2D eigenvalue weighted by molar-refractivity contribution is 0.0452. The summed E-state index contributed by atoms with van der Waals surface area (Å²) in [6, 6.07) is 7.28. The van der Waals surface area contributed by atoms with Gasteiger partial charge in [-0.3, -0.25) is 4.90 Å². The molecule has 1 fully saturated rings. The minimum Gasteiger partial charge on any atom is -0.461 e. The zero-order valence-corrected chi connectivity index (χ0v) is 13.2. The lowest BCUT2D eigenvalue weighted by Crippen LogP contribution is -2.33. The van der Waals surface area contributed by atoms with Crippen molar-refractivity contribution in [3.63, 3.8) is 0 Å². The van der Waals surface area contributed by atoms with Crippen LogP contribution in [0.3, 0.4) is 0 Å². The first-order valence-electron chi connectivity index (χ1n) is 6.41. The molecule has 19 heavy (non-hydrogen) atoms. The van der Waals surface area contributed by atoms with Gasteiger partial charge in [0.15, 0.2) is 0 Å². The fourth-order valence-corrected chi connectivity index (χ4v) is 2.55. The molecule has 106 valence electrons. The molecule has 1 aromatic carbocycles. The molecule has 0 bridgehead atoms. The van der Waals surface area contributed by atoms with E-state index < -0.39 is 0 Å². The number of carbonyl (C=O) groups excluding carboxylic acids is 1. The highest BCUT2D eigenvalue weighted by molar-refractivity contribution is 9.10. The van der Waals surface area contributed by atoms with Crippen LogP contribution in [0.15, 0.2) is 28.7 Å². The van der Waals surface area contributed by atoms with Crippen molar-refractivity contribution in [2.75, 3.05) is 26.2 Å². The second-order valence-corrected chi connectivity index (χ2v) is 5.46. The summed E-state index contributed by atoms with van der Waals surface area (Å²) in [5.74, 6) is -0.242. The van der Waals surface area contributed by atoms with Crippen LogP contribution in [0, 0.1) is 0 Å². The van der Waals surface area contributed by atoms with Crippen LogP contribution in [0.5, 0.6) is 0 Å². The Morgan fingerprint density at radius 3 is 2.68 bits per heavy atom. The number of nitrogens with zero attached hydrogens (tertiary/aromatic N) is 1. The third-order valence-electron chi connectivity index (χ3n) is 3.15. The molecule has 3 nitrogen and oxygen atoms in total. The molecule has 2 rings (SSSR count). The van der Waals surface area contributed by atoms with E-state index >= 15 is 0 Å². The normalized spacial score (nSPS) is 15.6. The Kier molecular flexibility index (Phi) is 7.42. The number of halogens is 2. The van der Waals surface area contributed by atoms with Gasteiger partial charge in [0.05, 0.1) is 5.56 Å². The highest BCUT2D eigenvalue weighted by Gasteiger charge is 2.11. The molecule has 1 saturated heterocycles. The fourth-order valence-electron chi connectivity index (χ4n) is 2.15. The second kappa shape index (κ2) is 8.56. The topological polar surface area (TPSA) is 29.5 Å². The molecule has 0 atom stereocenters. The summed E-state index contributed by atoms with van der Waals surface area (Å²) < 4.78 is 6.18. The molecule has 5 heteroatoms. The van der Waals surface area contributed by atoms with Crippen LogP contribution < -0.4 is 0 Å². The van der Waals surface area contributed by atoms with E-state index in [9.17, 15) is 4.79 Å². The van der Waals surface area contributed by atoms with E-state index in [1.165, 1.54) is 19.3 Å². The zero-order chi connectivity index (χ0) is 12.8. The number of rotatable bonds is 4. The van der Waals surface area contributed by atoms with Gasteiger partial charge in [0, 0.05) is 11.0 Å². The lowest BCUT2D eigenvalue weighted by atomic mass is 10.1. The van der Waals surface area contributed by atoms with E-state index in [0.717, 1.165) is 24.1 Å². The first-order valence-corrected chi connectivity index (χ1v) is 7.20. The molecular weight excluding hydrogens is 330 g/mol. The van der Waals surface area contributed by atoms with Gasteiger partial charge >= 0.3 is 5.97 Å². The Bertz CT molecular complexity index is 408. The van der Waals surface area contributed by atoms with Gasteiger partial charge in [-0.05, 0) is 44.1 Å². The maximum Gasteiger partial charge on any atom is 0.338 e. The van der Waals surface area contributed by atoms with Crippen molar-refractivity contribution in [2.45, 2.75) is 19.3 Å². The Morgan fingerprint density at radius 2 is 2.00 bits per heavy atom. The molecule has 1 aliphatic heterocycles. The number of esters is 1. The number of piperidine rings is 1. The van der Waals surface area contributed by atoms with Crippen LogP contribution in [0.25, 0.3) is 0 Å². The van der Waals surface area contributed by atoms with Gasteiger partial charge in [0.25, 0.3) is 0 Å². The minimum absolute atomic E-state index is 0. The third-order valence-corrected chi connectivity index (χ3v) is 3.64. The van der Waals surface area contributed by atoms with Gasteiger partial charge in [-0.1, -0.05) is 28.4 Å². The van der Waals surface area contributed by atoms with Crippen LogP contribution in [-0.4, -0.2) is 37.1 Å². The van der Waals surface area contributed by atoms with E-state index in [4.69, 9.17) is 4.74 Å². The van der Waals surface area contributed by atoms with Gasteiger partial charge in [-0.25, -0.2) is 4.79 Å². The van der Waals surface area contributed by atoms with E-state index in [0.29, 0.717) is 12.2 Å². The number of benzene rings is 1. The van der Waals surface area contributed by atoms with Crippen molar-refractivity contribution in [2.24, 2.45) is 0 Å². The van der Waals surface area contributed by atoms with Crippen molar-refractivity contribution in [1.29, 1.82) is 0 Å². The predicted molar refractivity (Wildman–Crippen MR) is 82.0 cm³/mol. The van der Waals surface area contributed by atoms with Gasteiger partial charge in [0.2, 0.25) is 0 Å². The standard InChI is InChI=1S/C14H18BrNO2.ClH/c15-13-6-4-5-12(11-13)14(17)18-10-9-16-7-2-1-3-8-16;/h4-6,11H,1-3,7-10H2;1H. The highest BCUT2D eigenvalue weighted by Crippen LogP contribution is 2.13. The predicted octanol–water partition coefficient (Wildman–Crippen LogP) is 3.51. The van der Waals surface area contributed by atoms with Crippen molar-refractivity contribution in [3.8, 4) is 0 Å². The molecule has 0 amide bonds. The van der Waals surface area contributed by atoms with Crippen LogP contribution in [-0.2, 0) is 4.74 Å². The van der Waals surface area contributed by atoms with E-state index in [2.05, 4.69) is 20.8 Å². The van der Waals surface area contributed by atoms with Crippen LogP contribution in [0.4, 0.5) is 0 Å². The SMILES string of the molecule is Cl.O=C(OCCN1CCCCC1)c1cccc(Br)c1. The summed E-state index contributed by atoms with van der Waals surface area (Å²) in [4.78, 5) is 14.1. The van der Waals surface area contributed by atoms with Crippen molar-refractivity contribution >= 4 is 34.3 Å². The summed E-state index contributed by atoms with van der Waals surface area (Å²) in [7, 11) is 0. The van der Waals surface area contributed by atoms with E-state index in [1.54, 1.807) is 12.1 Å². The molecule has 0 saturated carbocycles. The van der Waals surface area contributed by atoms with Crippen LogP contribution in [0.2, 0.25) is 0 Å². The summed E-state index contributed by atoms with van der Waals surface area (Å²) in [5.41, 5.74) is 0.600. The minimum atomic E-state index is -0.242. The Labute approximate surface area is 128 Å². The number of carbonyl (C=O) groups is 1. The number of hydrogen-bond donors (Lipinski definition) is 0. The van der Waals surface area contributed by atoms with E-state index in [-0.39, 0.29) is 18.4 Å². The Hall–Kier alpha value is -0.580. The first kappa shape index (κ1) is 16.5. The van der Waals surface area contributed by atoms with Gasteiger partial charge in [-0.2, -0.15) is 0 Å². The number of hydrogen-bond acceptors (Lipinski definition) is 3. The van der Waals surface area contributed by atoms with Gasteiger partial charge < -0.3 is 4.74 Å². The highest BCUT2D eigenvalue weighted by atomic mass is 79.9. The molecule has 1 aromatic rings. The maximum atomic E-state index is 11.8. The third kappa shape index (κ3) is 5.51. The number of ether oxygens (including phenoxy) is 1. The Morgan fingerprint density at radius 1 is 1.26 bits per heavy atom. The number of likely N-dealkylation sites (tertiary alicyclic amines) is 1. The van der Waals surface area contributed by atoms with Gasteiger partial charge in [0.1, 0.15) is 6.61 Å². The quantitative estimate of drug-likeness (QED) is 0.780.